The highest BCUT2D eigenvalue weighted by Gasteiger charge is 2.48. The maximum Gasteiger partial charge on any atom is 0.0715 e. The number of hydrogen-bond donors (Lipinski definition) is 0. The third-order valence-electron chi connectivity index (χ3n) is 12.5. The summed E-state index contributed by atoms with van der Waals surface area (Å²) in [6.45, 7) is 0. The number of fused-ring (bicyclic) bond motifs is 6. The fourth-order valence-corrected chi connectivity index (χ4v) is 10.6. The summed E-state index contributed by atoms with van der Waals surface area (Å²) in [7, 11) is 0. The van der Waals surface area contributed by atoms with Gasteiger partial charge < -0.3 is 0 Å². The van der Waals surface area contributed by atoms with Crippen LogP contribution in [0.25, 0.3) is 44.8 Å². The summed E-state index contributed by atoms with van der Waals surface area (Å²) in [4.78, 5) is 5.43. The third-order valence-corrected chi connectivity index (χ3v) is 13.5. The van der Waals surface area contributed by atoms with E-state index in [2.05, 4.69) is 198 Å². The van der Waals surface area contributed by atoms with Crippen LogP contribution in [0.3, 0.4) is 0 Å². The van der Waals surface area contributed by atoms with Gasteiger partial charge in [-0.2, -0.15) is 0 Å². The summed E-state index contributed by atoms with van der Waals surface area (Å²) >= 11 is 16.7. The molecule has 1 unspecified atom stereocenters. The van der Waals surface area contributed by atoms with E-state index >= 15 is 0 Å². The van der Waals surface area contributed by atoms with Gasteiger partial charge in [-0.3, -0.25) is 0 Å². The van der Waals surface area contributed by atoms with Crippen LogP contribution >= 0.6 is 39.1 Å². The second kappa shape index (κ2) is 14.1. The van der Waals surface area contributed by atoms with Crippen molar-refractivity contribution in [2.45, 2.75) is 10.8 Å². The van der Waals surface area contributed by atoms with Gasteiger partial charge in [-0.05, 0) is 115 Å². The normalized spacial score (nSPS) is 15.6. The Bertz CT molecular complexity index is 2970. The van der Waals surface area contributed by atoms with Gasteiger partial charge in [-0.15, -0.1) is 0 Å². The van der Waals surface area contributed by atoms with E-state index in [-0.39, 0.29) is 0 Å². The van der Waals surface area contributed by atoms with Crippen molar-refractivity contribution in [3.05, 3.63) is 265 Å². The fourth-order valence-electron chi connectivity index (χ4n) is 10.1. The van der Waals surface area contributed by atoms with Crippen LogP contribution in [0.15, 0.2) is 211 Å². The highest BCUT2D eigenvalue weighted by molar-refractivity contribution is 9.10. The molecule has 0 N–H and O–H groups in total. The second-order valence-electron chi connectivity index (χ2n) is 15.4. The van der Waals surface area contributed by atoms with Crippen molar-refractivity contribution in [2.24, 2.45) is 0 Å². The molecule has 1 nitrogen and oxygen atoms in total. The molecule has 2 aliphatic carbocycles. The summed E-state index contributed by atoms with van der Waals surface area (Å²) in [6.07, 6.45) is 0. The Hall–Kier alpha value is -6.03. The Morgan fingerprint density at radius 3 is 1.29 bits per heavy atom. The minimum absolute atomic E-state index is 0.505. The van der Waals surface area contributed by atoms with Gasteiger partial charge in [0.05, 0.1) is 22.2 Å². The minimum Gasteiger partial charge on any atom is -0.248 e. The number of aromatic nitrogens is 1. The van der Waals surface area contributed by atoms with E-state index < -0.39 is 10.8 Å². The highest BCUT2D eigenvalue weighted by atomic mass is 79.9. The van der Waals surface area contributed by atoms with E-state index in [9.17, 15) is 0 Å². The number of hydrogen-bond acceptors (Lipinski definition) is 1. The molecular formula is C55H34BrCl2N. The zero-order valence-electron chi connectivity index (χ0n) is 31.7. The molecule has 11 rings (SSSR count). The molecule has 4 heteroatoms. The molecule has 1 atom stereocenters. The van der Waals surface area contributed by atoms with Gasteiger partial charge in [0.1, 0.15) is 0 Å². The van der Waals surface area contributed by atoms with Gasteiger partial charge in [-0.25, -0.2) is 4.98 Å². The molecule has 0 aliphatic heterocycles. The Kier molecular flexibility index (Phi) is 8.60. The van der Waals surface area contributed by atoms with E-state index in [1.54, 1.807) is 0 Å². The van der Waals surface area contributed by atoms with E-state index in [1.807, 2.05) is 24.3 Å². The zero-order chi connectivity index (χ0) is 39.7. The second-order valence-corrected chi connectivity index (χ2v) is 17.2. The summed E-state index contributed by atoms with van der Waals surface area (Å²) in [5.41, 5.74) is 17.6. The average molecular weight is 860 g/mol. The van der Waals surface area contributed by atoms with Crippen molar-refractivity contribution < 1.29 is 0 Å². The molecule has 0 saturated heterocycles. The van der Waals surface area contributed by atoms with Gasteiger partial charge in [0.25, 0.3) is 0 Å². The summed E-state index contributed by atoms with van der Waals surface area (Å²) in [5, 5.41) is 1.44. The Labute approximate surface area is 362 Å². The number of benzene rings is 8. The summed E-state index contributed by atoms with van der Waals surface area (Å²) < 4.78 is 1.04. The van der Waals surface area contributed by atoms with Gasteiger partial charge in [0, 0.05) is 25.6 Å². The summed E-state index contributed by atoms with van der Waals surface area (Å²) in [5.74, 6) is 0. The third kappa shape index (κ3) is 5.40. The van der Waals surface area contributed by atoms with Crippen LogP contribution in [0.2, 0.25) is 10.0 Å². The maximum atomic E-state index is 6.50. The summed E-state index contributed by atoms with van der Waals surface area (Å²) in [6, 6.07) is 74.0. The van der Waals surface area contributed by atoms with E-state index in [4.69, 9.17) is 28.2 Å². The maximum absolute atomic E-state index is 6.50. The lowest BCUT2D eigenvalue weighted by molar-refractivity contribution is 0.768. The first-order valence-electron chi connectivity index (χ1n) is 19.8. The van der Waals surface area contributed by atoms with Crippen LogP contribution in [-0.4, -0.2) is 4.98 Å². The quantitative estimate of drug-likeness (QED) is 0.162. The van der Waals surface area contributed by atoms with Crippen LogP contribution in [-0.2, 0) is 10.8 Å². The molecule has 0 radical (unpaired) electrons. The molecule has 0 bridgehead atoms. The van der Waals surface area contributed by atoms with Gasteiger partial charge in [-0.1, -0.05) is 197 Å². The Morgan fingerprint density at radius 1 is 0.339 bits per heavy atom. The lowest BCUT2D eigenvalue weighted by Crippen LogP contribution is -2.28. The predicted octanol–water partition coefficient (Wildman–Crippen LogP) is 15.2. The lowest BCUT2D eigenvalue weighted by atomic mass is 9.67. The first kappa shape index (κ1) is 36.1. The number of nitrogens with zero attached hydrogens (tertiary/aromatic N) is 1. The van der Waals surface area contributed by atoms with E-state index in [0.29, 0.717) is 5.02 Å². The molecule has 280 valence electrons. The Balaban J connectivity index is 1.06. The molecule has 0 fully saturated rings. The van der Waals surface area contributed by atoms with Crippen LogP contribution < -0.4 is 0 Å². The van der Waals surface area contributed by atoms with Crippen LogP contribution in [0.1, 0.15) is 44.5 Å². The first-order valence-corrected chi connectivity index (χ1v) is 21.3. The average Bonchev–Trinajstić information content (AvgIpc) is 3.76. The smallest absolute Gasteiger partial charge is 0.0715 e. The standard InChI is InChI=1S/C55H34BrCl2N/c56-40-29-23-37(24-30-40)55(39-27-33-42(58)34-28-39)49-15-6-3-11-45(49)53-46(12-7-16-50(53)55)52-18-8-17-51(59-52)35-19-21-36(22-20-35)54(38-25-31-41(57)32-26-38)47-13-4-1-9-43(47)44-10-2-5-14-48(44)54/h1-34H. The molecule has 1 heterocycles. The largest absolute Gasteiger partial charge is 0.248 e. The molecular weight excluding hydrogens is 825 g/mol. The van der Waals surface area contributed by atoms with Crippen molar-refractivity contribution in [1.29, 1.82) is 0 Å². The topological polar surface area (TPSA) is 12.9 Å². The molecule has 59 heavy (non-hydrogen) atoms. The molecule has 9 aromatic rings. The van der Waals surface area contributed by atoms with Crippen LogP contribution in [0.4, 0.5) is 0 Å². The number of rotatable bonds is 6. The first-order chi connectivity index (χ1) is 29.0. The van der Waals surface area contributed by atoms with Crippen molar-refractivity contribution in [2.75, 3.05) is 0 Å². The fraction of sp³-hybridized carbons (Fsp3) is 0.0364. The SMILES string of the molecule is Clc1ccc(C2(c3ccc(-c4cccc(-c5cccc6c5-c5ccccc5C6(c5ccc(Cl)cc5)c5ccc(Br)cc5)n4)cc3)c3ccccc3-c3ccccc32)cc1. The van der Waals surface area contributed by atoms with Crippen molar-refractivity contribution in [1.82, 2.24) is 4.98 Å². The van der Waals surface area contributed by atoms with Gasteiger partial charge >= 0.3 is 0 Å². The zero-order valence-corrected chi connectivity index (χ0v) is 34.8. The highest BCUT2D eigenvalue weighted by Crippen LogP contribution is 2.59. The van der Waals surface area contributed by atoms with Crippen LogP contribution in [0, 0.1) is 0 Å². The molecule has 2 aliphatic rings. The van der Waals surface area contributed by atoms with Crippen molar-refractivity contribution in [3.63, 3.8) is 0 Å². The molecule has 0 amide bonds. The molecule has 0 saturated carbocycles. The van der Waals surface area contributed by atoms with Gasteiger partial charge in [0.15, 0.2) is 0 Å². The number of halogens is 3. The monoisotopic (exact) mass is 857 g/mol. The molecule has 1 aromatic heterocycles. The van der Waals surface area contributed by atoms with Crippen molar-refractivity contribution in [3.8, 4) is 44.8 Å². The molecule has 8 aromatic carbocycles. The van der Waals surface area contributed by atoms with E-state index in [0.717, 1.165) is 32.0 Å². The minimum atomic E-state index is -0.557. The number of pyridine rings is 1. The predicted molar refractivity (Wildman–Crippen MR) is 247 cm³/mol. The van der Waals surface area contributed by atoms with Crippen LogP contribution in [0.5, 0.6) is 0 Å². The molecule has 0 spiro atoms. The lowest BCUT2D eigenvalue weighted by Gasteiger charge is -2.34. The van der Waals surface area contributed by atoms with Gasteiger partial charge in [0.2, 0.25) is 0 Å². The van der Waals surface area contributed by atoms with Crippen molar-refractivity contribution >= 4 is 39.1 Å². The van der Waals surface area contributed by atoms with E-state index in [1.165, 1.54) is 66.8 Å². The Morgan fingerprint density at radius 2 is 0.729 bits per heavy atom.